The van der Waals surface area contributed by atoms with E-state index in [0.29, 0.717) is 50.3 Å². The molecule has 1 aliphatic heterocycles. The van der Waals surface area contributed by atoms with E-state index in [-0.39, 0.29) is 35.0 Å². The van der Waals surface area contributed by atoms with E-state index in [1.165, 1.54) is 17.9 Å². The van der Waals surface area contributed by atoms with Crippen molar-refractivity contribution in [1.82, 2.24) is 4.98 Å². The molecule has 7 rings (SSSR count). The van der Waals surface area contributed by atoms with Gasteiger partial charge < -0.3 is 4.74 Å². The summed E-state index contributed by atoms with van der Waals surface area (Å²) < 4.78 is 5.62. The Morgan fingerprint density at radius 2 is 1.60 bits per heavy atom. The quantitative estimate of drug-likeness (QED) is 0.147. The molecule has 2 saturated carbocycles. The smallest absolute Gasteiger partial charge is 0.339 e. The number of rotatable bonds is 6. The molecule has 2 bridgehead atoms. The first-order chi connectivity index (χ1) is 20.3. The summed E-state index contributed by atoms with van der Waals surface area (Å²) in [7, 11) is 0. The fourth-order valence-corrected chi connectivity index (χ4v) is 7.28. The second-order valence-electron chi connectivity index (χ2n) is 11.4. The first kappa shape index (κ1) is 26.5. The third kappa shape index (κ3) is 4.31. The van der Waals surface area contributed by atoms with Gasteiger partial charge in [0.05, 0.1) is 34.3 Å². The highest BCUT2D eigenvalue weighted by atomic mass is 35.5. The van der Waals surface area contributed by atoms with Gasteiger partial charge in [-0.3, -0.25) is 19.3 Å². The molecule has 0 radical (unpaired) electrons. The van der Waals surface area contributed by atoms with Crippen LogP contribution in [0.15, 0.2) is 78.9 Å². The highest BCUT2D eigenvalue weighted by Crippen LogP contribution is 2.56. The number of carbonyl (C=O) groups excluding carboxylic acids is 4. The number of para-hydroxylation sites is 1. The average molecular weight is 579 g/mol. The van der Waals surface area contributed by atoms with E-state index in [0.717, 1.165) is 19.3 Å². The molecule has 3 aromatic carbocycles. The minimum absolute atomic E-state index is 0.0831. The molecule has 0 unspecified atom stereocenters. The van der Waals surface area contributed by atoms with Crippen molar-refractivity contribution in [1.29, 1.82) is 0 Å². The van der Waals surface area contributed by atoms with Gasteiger partial charge in [0.15, 0.2) is 6.10 Å². The number of fused-ring (bicyclic) bond motifs is 6. The molecule has 7 nitrogen and oxygen atoms in total. The Bertz CT molecular complexity index is 1760. The summed E-state index contributed by atoms with van der Waals surface area (Å²) in [6.45, 7) is 1.53. The standard InChI is InChI=1S/C34H27ClN2O5/c1-18(31(38)22-5-4-6-23(35)16-22)42-34(41)26-17-28(36-27-8-3-2-7-25(26)27)19-11-13-24(14-12-19)37-32(39)29-20-9-10-21(15-20)30(29)33(37)40/h2-8,11-14,16-18,20-21,29-30H,9-10,15H2,1H3/t18-,20-,21-,29-,30+/m0/s1. The lowest BCUT2D eigenvalue weighted by Crippen LogP contribution is -2.32. The van der Waals surface area contributed by atoms with Crippen molar-refractivity contribution < 1.29 is 23.9 Å². The van der Waals surface area contributed by atoms with Crippen LogP contribution in [0.3, 0.4) is 0 Å². The zero-order valence-corrected chi connectivity index (χ0v) is 23.6. The Morgan fingerprint density at radius 3 is 2.29 bits per heavy atom. The van der Waals surface area contributed by atoms with Gasteiger partial charge in [-0.1, -0.05) is 54.1 Å². The number of halogens is 1. The predicted octanol–water partition coefficient (Wildman–Crippen LogP) is 6.52. The maximum Gasteiger partial charge on any atom is 0.339 e. The van der Waals surface area contributed by atoms with E-state index in [4.69, 9.17) is 21.3 Å². The van der Waals surface area contributed by atoms with Gasteiger partial charge in [0, 0.05) is 21.5 Å². The predicted molar refractivity (Wildman–Crippen MR) is 158 cm³/mol. The third-order valence-corrected chi connectivity index (χ3v) is 9.28. The molecular formula is C34H27ClN2O5. The Morgan fingerprint density at radius 1 is 0.905 bits per heavy atom. The summed E-state index contributed by atoms with van der Waals surface area (Å²) >= 11 is 6.03. The van der Waals surface area contributed by atoms with Crippen LogP contribution in [0.4, 0.5) is 5.69 Å². The zero-order chi connectivity index (χ0) is 29.1. The molecular weight excluding hydrogens is 552 g/mol. The van der Waals surface area contributed by atoms with Crippen LogP contribution in [-0.4, -0.2) is 34.7 Å². The summed E-state index contributed by atoms with van der Waals surface area (Å²) in [5.74, 6) is -0.888. The molecule has 0 N–H and O–H groups in total. The number of ketones is 1. The molecule has 42 heavy (non-hydrogen) atoms. The van der Waals surface area contributed by atoms with Gasteiger partial charge in [-0.25, -0.2) is 9.78 Å². The van der Waals surface area contributed by atoms with Crippen molar-refractivity contribution in [3.05, 3.63) is 95.0 Å². The van der Waals surface area contributed by atoms with Crippen molar-refractivity contribution in [2.75, 3.05) is 4.90 Å². The number of ether oxygens (including phenoxy) is 1. The van der Waals surface area contributed by atoms with E-state index >= 15 is 0 Å². The van der Waals surface area contributed by atoms with Crippen LogP contribution in [0.2, 0.25) is 5.02 Å². The van der Waals surface area contributed by atoms with Gasteiger partial charge >= 0.3 is 5.97 Å². The number of aromatic nitrogens is 1. The first-order valence-corrected chi connectivity index (χ1v) is 14.6. The van der Waals surface area contributed by atoms with Gasteiger partial charge in [-0.05, 0) is 74.4 Å². The lowest BCUT2D eigenvalue weighted by molar-refractivity contribution is -0.123. The van der Waals surface area contributed by atoms with Crippen LogP contribution in [0.1, 0.15) is 46.9 Å². The minimum atomic E-state index is -1.03. The van der Waals surface area contributed by atoms with Crippen LogP contribution in [0.25, 0.3) is 22.2 Å². The number of carbonyl (C=O) groups is 4. The van der Waals surface area contributed by atoms with E-state index in [1.54, 1.807) is 66.7 Å². The topological polar surface area (TPSA) is 93.6 Å². The molecule has 3 fully saturated rings. The Kier molecular flexibility index (Phi) is 6.43. The van der Waals surface area contributed by atoms with E-state index in [9.17, 15) is 19.2 Å². The number of nitrogens with zero attached hydrogens (tertiary/aromatic N) is 2. The zero-order valence-electron chi connectivity index (χ0n) is 22.8. The number of anilines is 1. The molecule has 2 aliphatic carbocycles. The molecule has 1 aromatic heterocycles. The Balaban J connectivity index is 1.16. The van der Waals surface area contributed by atoms with Gasteiger partial charge in [0.2, 0.25) is 17.6 Å². The highest BCUT2D eigenvalue weighted by Gasteiger charge is 2.61. The lowest BCUT2D eigenvalue weighted by Gasteiger charge is -2.19. The van der Waals surface area contributed by atoms with E-state index < -0.39 is 12.1 Å². The van der Waals surface area contributed by atoms with Gasteiger partial charge in [0.25, 0.3) is 0 Å². The van der Waals surface area contributed by atoms with Crippen LogP contribution < -0.4 is 4.90 Å². The van der Waals surface area contributed by atoms with Crippen LogP contribution in [-0.2, 0) is 14.3 Å². The summed E-state index contributed by atoms with van der Waals surface area (Å²) in [5, 5.41) is 1.02. The Labute approximate surface area is 247 Å². The summed E-state index contributed by atoms with van der Waals surface area (Å²) in [4.78, 5) is 58.9. The fraction of sp³-hybridized carbons (Fsp3) is 0.265. The maximum atomic E-state index is 13.4. The molecule has 2 heterocycles. The number of hydrogen-bond acceptors (Lipinski definition) is 6. The normalized spacial score (nSPS) is 23.3. The van der Waals surface area contributed by atoms with Crippen molar-refractivity contribution in [2.45, 2.75) is 32.3 Å². The fourth-order valence-electron chi connectivity index (χ4n) is 7.09. The Hall–Kier alpha value is -4.36. The monoisotopic (exact) mass is 578 g/mol. The summed E-state index contributed by atoms with van der Waals surface area (Å²) in [6.07, 6.45) is 2.02. The van der Waals surface area contributed by atoms with Gasteiger partial charge in [-0.15, -0.1) is 0 Å². The second kappa shape index (κ2) is 10.2. The first-order valence-electron chi connectivity index (χ1n) is 14.2. The van der Waals surface area contributed by atoms with Crippen LogP contribution >= 0.6 is 11.6 Å². The molecule has 4 aromatic rings. The summed E-state index contributed by atoms with van der Waals surface area (Å²) in [5.41, 5.74) is 3.01. The van der Waals surface area contributed by atoms with Crippen molar-refractivity contribution in [3.63, 3.8) is 0 Å². The number of hydrogen-bond donors (Lipinski definition) is 0. The molecule has 210 valence electrons. The molecule has 2 amide bonds. The average Bonchev–Trinajstić information content (AvgIpc) is 3.69. The largest absolute Gasteiger partial charge is 0.451 e. The third-order valence-electron chi connectivity index (χ3n) is 9.05. The van der Waals surface area contributed by atoms with Crippen LogP contribution in [0.5, 0.6) is 0 Å². The number of imide groups is 1. The second-order valence-corrected chi connectivity index (χ2v) is 11.9. The van der Waals surface area contributed by atoms with E-state index in [2.05, 4.69) is 0 Å². The number of Topliss-reactive ketones (excluding diaryl/α,β-unsaturated/α-hetero) is 1. The molecule has 5 atom stereocenters. The lowest BCUT2D eigenvalue weighted by atomic mass is 9.81. The molecule has 3 aliphatic rings. The molecule has 1 saturated heterocycles. The highest BCUT2D eigenvalue weighted by molar-refractivity contribution is 6.31. The maximum absolute atomic E-state index is 13.4. The minimum Gasteiger partial charge on any atom is -0.451 e. The van der Waals surface area contributed by atoms with Crippen molar-refractivity contribution in [2.24, 2.45) is 23.7 Å². The number of amides is 2. The van der Waals surface area contributed by atoms with Gasteiger partial charge in [-0.2, -0.15) is 0 Å². The van der Waals surface area contributed by atoms with Crippen molar-refractivity contribution in [3.8, 4) is 11.3 Å². The van der Waals surface area contributed by atoms with Crippen LogP contribution in [0, 0.1) is 23.7 Å². The SMILES string of the molecule is C[C@H](OC(=O)c1cc(-c2ccc(N3C(=O)[C@@H]4[C@H]5CC[C@@H](C5)[C@@H]4C3=O)cc2)nc2ccccc12)C(=O)c1cccc(Cl)c1. The van der Waals surface area contributed by atoms with Crippen molar-refractivity contribution >= 4 is 51.8 Å². The number of pyridine rings is 1. The molecule has 8 heteroatoms. The molecule has 0 spiro atoms. The van der Waals surface area contributed by atoms with Gasteiger partial charge in [0.1, 0.15) is 0 Å². The van der Waals surface area contributed by atoms with E-state index in [1.807, 2.05) is 6.07 Å². The summed E-state index contributed by atoms with van der Waals surface area (Å²) in [6, 6.07) is 22.5. The number of esters is 1. The number of benzene rings is 3.